The molecule has 1 heterocycles. The van der Waals surface area contributed by atoms with Crippen LogP contribution in [-0.4, -0.2) is 56.2 Å². The third-order valence-electron chi connectivity index (χ3n) is 4.71. The van der Waals surface area contributed by atoms with Crippen LogP contribution in [-0.2, 0) is 4.79 Å². The Morgan fingerprint density at radius 2 is 1.67 bits per heavy atom. The highest BCUT2D eigenvalue weighted by Gasteiger charge is 2.43. The molecule has 1 N–H and O–H groups in total. The van der Waals surface area contributed by atoms with Crippen LogP contribution in [0.15, 0.2) is 42.5 Å². The standard InChI is InChI=1S/C20H19ClF3N3O3/c1-30-17-7-2-13(21)12-16(17)18(28)25-14-3-5-15(6-4-14)26-8-10-27(11-9-26)19(29)20(22,23)24/h2-7,12H,8-11H2,1H3,(H,25,28). The summed E-state index contributed by atoms with van der Waals surface area (Å²) >= 11 is 5.95. The molecule has 3 rings (SSSR count). The lowest BCUT2D eigenvalue weighted by Crippen LogP contribution is -2.52. The van der Waals surface area contributed by atoms with E-state index in [1.165, 1.54) is 13.2 Å². The van der Waals surface area contributed by atoms with Crippen molar-refractivity contribution in [2.45, 2.75) is 6.18 Å². The average molecular weight is 442 g/mol. The molecule has 0 atom stereocenters. The summed E-state index contributed by atoms with van der Waals surface area (Å²) in [6.45, 7) is 0.553. The molecule has 30 heavy (non-hydrogen) atoms. The van der Waals surface area contributed by atoms with Crippen molar-refractivity contribution in [2.75, 3.05) is 43.5 Å². The number of anilines is 2. The van der Waals surface area contributed by atoms with E-state index in [-0.39, 0.29) is 32.1 Å². The number of methoxy groups -OCH3 is 1. The van der Waals surface area contributed by atoms with Crippen LogP contribution in [0.2, 0.25) is 5.02 Å². The molecule has 1 aliphatic rings. The van der Waals surface area contributed by atoms with Crippen molar-refractivity contribution in [1.29, 1.82) is 0 Å². The van der Waals surface area contributed by atoms with Crippen LogP contribution in [0.1, 0.15) is 10.4 Å². The number of alkyl halides is 3. The Kier molecular flexibility index (Phi) is 6.40. The molecule has 0 radical (unpaired) electrons. The Labute approximate surface area is 176 Å². The van der Waals surface area contributed by atoms with Gasteiger partial charge >= 0.3 is 12.1 Å². The fourth-order valence-electron chi connectivity index (χ4n) is 3.16. The number of carbonyl (C=O) groups excluding carboxylic acids is 2. The second-order valence-corrected chi connectivity index (χ2v) is 7.06. The molecule has 2 aromatic carbocycles. The van der Waals surface area contributed by atoms with Crippen LogP contribution in [0.4, 0.5) is 24.5 Å². The molecule has 6 nitrogen and oxygen atoms in total. The quantitative estimate of drug-likeness (QED) is 0.783. The second-order valence-electron chi connectivity index (χ2n) is 6.62. The first-order valence-electron chi connectivity index (χ1n) is 9.05. The minimum Gasteiger partial charge on any atom is -0.496 e. The number of carbonyl (C=O) groups is 2. The maximum Gasteiger partial charge on any atom is 0.471 e. The minimum atomic E-state index is -4.85. The molecule has 2 aromatic rings. The molecule has 0 aromatic heterocycles. The van der Waals surface area contributed by atoms with Gasteiger partial charge in [0.1, 0.15) is 5.75 Å². The predicted molar refractivity (Wildman–Crippen MR) is 107 cm³/mol. The number of hydrogen-bond donors (Lipinski definition) is 1. The van der Waals surface area contributed by atoms with E-state index in [0.29, 0.717) is 22.0 Å². The van der Waals surface area contributed by atoms with Gasteiger partial charge in [-0.1, -0.05) is 11.6 Å². The van der Waals surface area contributed by atoms with Crippen LogP contribution in [0.5, 0.6) is 5.75 Å². The van der Waals surface area contributed by atoms with E-state index in [1.807, 2.05) is 4.90 Å². The van der Waals surface area contributed by atoms with Crippen LogP contribution in [0, 0.1) is 0 Å². The zero-order chi connectivity index (χ0) is 21.9. The number of piperazine rings is 1. The van der Waals surface area contributed by atoms with Gasteiger partial charge < -0.3 is 19.9 Å². The molecule has 0 unspecified atom stereocenters. The first kappa shape index (κ1) is 21.8. The van der Waals surface area contributed by atoms with Gasteiger partial charge in [0.2, 0.25) is 0 Å². The maximum absolute atomic E-state index is 12.5. The number of nitrogens with zero attached hydrogens (tertiary/aromatic N) is 2. The molecule has 0 spiro atoms. The molecule has 0 bridgehead atoms. The summed E-state index contributed by atoms with van der Waals surface area (Å²) in [5.41, 5.74) is 1.61. The summed E-state index contributed by atoms with van der Waals surface area (Å²) in [4.78, 5) is 26.5. The lowest BCUT2D eigenvalue weighted by atomic mass is 10.1. The van der Waals surface area contributed by atoms with Gasteiger partial charge in [-0.2, -0.15) is 13.2 Å². The van der Waals surface area contributed by atoms with Crippen molar-refractivity contribution in [3.05, 3.63) is 53.1 Å². The first-order valence-corrected chi connectivity index (χ1v) is 9.43. The highest BCUT2D eigenvalue weighted by Crippen LogP contribution is 2.25. The number of hydrogen-bond acceptors (Lipinski definition) is 4. The number of benzene rings is 2. The van der Waals surface area contributed by atoms with E-state index in [9.17, 15) is 22.8 Å². The Morgan fingerprint density at radius 1 is 1.03 bits per heavy atom. The highest BCUT2D eigenvalue weighted by molar-refractivity contribution is 6.31. The van der Waals surface area contributed by atoms with E-state index in [1.54, 1.807) is 36.4 Å². The Bertz CT molecular complexity index is 927. The van der Waals surface area contributed by atoms with Crippen molar-refractivity contribution < 1.29 is 27.5 Å². The zero-order valence-corrected chi connectivity index (χ0v) is 16.8. The third kappa shape index (κ3) is 4.96. The first-order chi connectivity index (χ1) is 14.2. The van der Waals surface area contributed by atoms with Gasteiger partial charge in [0.15, 0.2) is 0 Å². The van der Waals surface area contributed by atoms with E-state index >= 15 is 0 Å². The maximum atomic E-state index is 12.5. The van der Waals surface area contributed by atoms with Crippen molar-refractivity contribution in [3.63, 3.8) is 0 Å². The number of ether oxygens (including phenoxy) is 1. The fourth-order valence-corrected chi connectivity index (χ4v) is 3.33. The summed E-state index contributed by atoms with van der Waals surface area (Å²) in [7, 11) is 1.46. The van der Waals surface area contributed by atoms with Crippen LogP contribution in [0.3, 0.4) is 0 Å². The van der Waals surface area contributed by atoms with Crippen LogP contribution < -0.4 is 15.0 Å². The van der Waals surface area contributed by atoms with Gasteiger partial charge in [0, 0.05) is 42.6 Å². The lowest BCUT2D eigenvalue weighted by Gasteiger charge is -2.36. The molecule has 160 valence electrons. The largest absolute Gasteiger partial charge is 0.496 e. The van der Waals surface area contributed by atoms with Crippen molar-refractivity contribution in [3.8, 4) is 5.75 Å². The Morgan fingerprint density at radius 3 is 2.23 bits per heavy atom. The van der Waals surface area contributed by atoms with Crippen molar-refractivity contribution in [2.24, 2.45) is 0 Å². The number of amides is 2. The molecule has 1 aliphatic heterocycles. The van der Waals surface area contributed by atoms with E-state index < -0.39 is 12.1 Å². The van der Waals surface area contributed by atoms with Gasteiger partial charge in [0.05, 0.1) is 12.7 Å². The summed E-state index contributed by atoms with van der Waals surface area (Å²) in [5, 5.41) is 3.16. The van der Waals surface area contributed by atoms with Gasteiger partial charge in [-0.3, -0.25) is 9.59 Å². The second kappa shape index (κ2) is 8.83. The summed E-state index contributed by atoms with van der Waals surface area (Å²) < 4.78 is 42.8. The Balaban J connectivity index is 1.62. The third-order valence-corrected chi connectivity index (χ3v) is 4.94. The van der Waals surface area contributed by atoms with Gasteiger partial charge in [-0.05, 0) is 42.5 Å². The number of rotatable bonds is 4. The summed E-state index contributed by atoms with van der Waals surface area (Å²) in [6.07, 6.45) is -4.85. The molecular weight excluding hydrogens is 423 g/mol. The van der Waals surface area contributed by atoms with Crippen LogP contribution >= 0.6 is 11.6 Å². The van der Waals surface area contributed by atoms with E-state index in [2.05, 4.69) is 5.32 Å². The van der Waals surface area contributed by atoms with Gasteiger partial charge in [-0.25, -0.2) is 0 Å². The minimum absolute atomic E-state index is 0.00854. The summed E-state index contributed by atoms with van der Waals surface area (Å²) in [5.74, 6) is -1.81. The number of halogens is 4. The zero-order valence-electron chi connectivity index (χ0n) is 16.0. The monoisotopic (exact) mass is 441 g/mol. The molecule has 1 fully saturated rings. The van der Waals surface area contributed by atoms with E-state index in [0.717, 1.165) is 10.6 Å². The Hall–Kier alpha value is -2.94. The topological polar surface area (TPSA) is 61.9 Å². The normalized spacial score (nSPS) is 14.4. The molecule has 2 amide bonds. The van der Waals surface area contributed by atoms with Gasteiger partial charge in [0.25, 0.3) is 5.91 Å². The molecule has 0 aliphatic carbocycles. The average Bonchev–Trinajstić information content (AvgIpc) is 2.73. The predicted octanol–water partition coefficient (Wildman–Crippen LogP) is 3.81. The van der Waals surface area contributed by atoms with E-state index in [4.69, 9.17) is 16.3 Å². The smallest absolute Gasteiger partial charge is 0.471 e. The molecule has 0 saturated carbocycles. The highest BCUT2D eigenvalue weighted by atomic mass is 35.5. The lowest BCUT2D eigenvalue weighted by molar-refractivity contribution is -0.185. The SMILES string of the molecule is COc1ccc(Cl)cc1C(=O)Nc1ccc(N2CCN(C(=O)C(F)(F)F)CC2)cc1. The molecule has 10 heteroatoms. The van der Waals surface area contributed by atoms with Crippen LogP contribution in [0.25, 0.3) is 0 Å². The summed E-state index contributed by atoms with van der Waals surface area (Å²) in [6, 6.07) is 11.6. The van der Waals surface area contributed by atoms with Crippen molar-refractivity contribution >= 4 is 34.8 Å². The number of nitrogens with one attached hydrogen (secondary N) is 1. The van der Waals surface area contributed by atoms with Crippen molar-refractivity contribution in [1.82, 2.24) is 4.90 Å². The molecule has 1 saturated heterocycles. The van der Waals surface area contributed by atoms with Gasteiger partial charge in [-0.15, -0.1) is 0 Å². The molecular formula is C20H19ClF3N3O3. The fraction of sp³-hybridized carbons (Fsp3) is 0.300.